The number of nitro groups is 1. The molecular formula is C12H16N2O6S. The Morgan fingerprint density at radius 2 is 1.95 bits per heavy atom. The number of hydrogen-bond acceptors (Lipinski definition) is 6. The molecule has 116 valence electrons. The lowest BCUT2D eigenvalue weighted by Crippen LogP contribution is -2.40. The number of rotatable bonds is 5. The zero-order chi connectivity index (χ0) is 15.6. The van der Waals surface area contributed by atoms with Gasteiger partial charge in [-0.3, -0.25) is 10.1 Å². The lowest BCUT2D eigenvalue weighted by atomic mass is 10.2. The van der Waals surface area contributed by atoms with Gasteiger partial charge in [0, 0.05) is 25.7 Å². The van der Waals surface area contributed by atoms with Crippen LogP contribution in [0, 0.1) is 10.1 Å². The monoisotopic (exact) mass is 316 g/mol. The van der Waals surface area contributed by atoms with Crippen molar-refractivity contribution in [2.24, 2.45) is 0 Å². The molecule has 0 amide bonds. The minimum atomic E-state index is -3.82. The first kappa shape index (κ1) is 15.8. The van der Waals surface area contributed by atoms with Gasteiger partial charge in [-0.15, -0.1) is 0 Å². The third-order valence-corrected chi connectivity index (χ3v) is 4.95. The van der Waals surface area contributed by atoms with Gasteiger partial charge >= 0.3 is 0 Å². The number of non-ortho nitro benzene ring substituents is 1. The fraction of sp³-hybridized carbons (Fsp3) is 0.500. The molecule has 0 unspecified atom stereocenters. The largest absolute Gasteiger partial charge is 0.393 e. The van der Waals surface area contributed by atoms with Gasteiger partial charge in [0.05, 0.1) is 28.1 Å². The van der Waals surface area contributed by atoms with Gasteiger partial charge in [-0.2, -0.15) is 0 Å². The molecule has 1 fully saturated rings. The second-order valence-corrected chi connectivity index (χ2v) is 6.59. The average molecular weight is 316 g/mol. The number of methoxy groups -OCH3 is 1. The number of ether oxygens (including phenoxy) is 1. The molecule has 8 nitrogen and oxygen atoms in total. The molecule has 9 heteroatoms. The van der Waals surface area contributed by atoms with Crippen molar-refractivity contribution in [1.29, 1.82) is 0 Å². The number of benzene rings is 1. The summed E-state index contributed by atoms with van der Waals surface area (Å²) in [4.78, 5) is 9.89. The number of aliphatic hydroxyl groups excluding tert-OH is 1. The van der Waals surface area contributed by atoms with Crippen molar-refractivity contribution in [3.05, 3.63) is 34.4 Å². The topological polar surface area (TPSA) is 119 Å². The van der Waals surface area contributed by atoms with Crippen LogP contribution in [0.1, 0.15) is 12.8 Å². The summed E-state index contributed by atoms with van der Waals surface area (Å²) in [5, 5.41) is 20.1. The van der Waals surface area contributed by atoms with Crippen molar-refractivity contribution >= 4 is 15.7 Å². The van der Waals surface area contributed by atoms with Crippen LogP contribution in [0.4, 0.5) is 5.69 Å². The van der Waals surface area contributed by atoms with Crippen LogP contribution in [0.5, 0.6) is 0 Å². The summed E-state index contributed by atoms with van der Waals surface area (Å²) >= 11 is 0. The Balaban J connectivity index is 2.16. The third kappa shape index (κ3) is 3.56. The van der Waals surface area contributed by atoms with E-state index in [9.17, 15) is 23.6 Å². The number of aliphatic hydroxyl groups is 1. The van der Waals surface area contributed by atoms with E-state index < -0.39 is 33.2 Å². The number of sulfonamides is 1. The predicted molar refractivity (Wildman–Crippen MR) is 73.2 cm³/mol. The number of nitrogens with one attached hydrogen (secondary N) is 1. The van der Waals surface area contributed by atoms with E-state index in [0.29, 0.717) is 6.42 Å². The summed E-state index contributed by atoms with van der Waals surface area (Å²) in [5.74, 6) is 0. The van der Waals surface area contributed by atoms with Crippen molar-refractivity contribution in [3.8, 4) is 0 Å². The Morgan fingerprint density at radius 1 is 1.33 bits per heavy atom. The molecule has 1 aliphatic carbocycles. The second kappa shape index (κ2) is 6.06. The lowest BCUT2D eigenvalue weighted by Gasteiger charge is -2.19. The Kier molecular flexibility index (Phi) is 4.57. The maximum Gasteiger partial charge on any atom is 0.269 e. The Hall–Kier alpha value is -1.55. The molecule has 2 N–H and O–H groups in total. The Labute approximate surface area is 121 Å². The van der Waals surface area contributed by atoms with Crippen LogP contribution in [0.15, 0.2) is 29.2 Å². The first-order chi connectivity index (χ1) is 9.83. The first-order valence-corrected chi connectivity index (χ1v) is 7.79. The summed E-state index contributed by atoms with van der Waals surface area (Å²) in [6, 6.07) is 4.09. The third-order valence-electron chi connectivity index (χ3n) is 3.45. The molecular weight excluding hydrogens is 300 g/mol. The highest BCUT2D eigenvalue weighted by molar-refractivity contribution is 7.89. The van der Waals surface area contributed by atoms with E-state index in [-0.39, 0.29) is 17.0 Å². The summed E-state index contributed by atoms with van der Waals surface area (Å²) in [7, 11) is -2.36. The van der Waals surface area contributed by atoms with E-state index in [2.05, 4.69) is 4.72 Å². The van der Waals surface area contributed by atoms with Gasteiger partial charge in [-0.1, -0.05) is 0 Å². The Morgan fingerprint density at radius 3 is 2.48 bits per heavy atom. The van der Waals surface area contributed by atoms with Crippen LogP contribution in [0.3, 0.4) is 0 Å². The van der Waals surface area contributed by atoms with Crippen LogP contribution in [0.2, 0.25) is 0 Å². The minimum Gasteiger partial charge on any atom is -0.393 e. The molecule has 3 atom stereocenters. The van der Waals surface area contributed by atoms with Gasteiger partial charge in [0.2, 0.25) is 10.0 Å². The van der Waals surface area contributed by atoms with Gasteiger partial charge in [-0.05, 0) is 18.6 Å². The highest BCUT2D eigenvalue weighted by atomic mass is 32.2. The molecule has 2 rings (SSSR count). The van der Waals surface area contributed by atoms with E-state index in [4.69, 9.17) is 4.74 Å². The summed E-state index contributed by atoms with van der Waals surface area (Å²) in [6.45, 7) is 0. The standard InChI is InChI=1S/C12H16N2O6S/c1-20-12-7-9(15)6-11(12)13-21(18,19)10-4-2-8(3-5-10)14(16)17/h2-5,9,11-13,15H,6-7H2,1H3/t9-,11+,12+/m1/s1. The van der Waals surface area contributed by atoms with Crippen LogP contribution < -0.4 is 4.72 Å². The molecule has 0 bridgehead atoms. The molecule has 21 heavy (non-hydrogen) atoms. The minimum absolute atomic E-state index is 0.0654. The van der Waals surface area contributed by atoms with Gasteiger partial charge < -0.3 is 9.84 Å². The van der Waals surface area contributed by atoms with E-state index >= 15 is 0 Å². The highest BCUT2D eigenvalue weighted by Crippen LogP contribution is 2.24. The van der Waals surface area contributed by atoms with E-state index in [0.717, 1.165) is 12.1 Å². The van der Waals surface area contributed by atoms with Gasteiger partial charge in [0.1, 0.15) is 0 Å². The number of nitro benzene ring substituents is 1. The van der Waals surface area contributed by atoms with Gasteiger partial charge in [0.25, 0.3) is 5.69 Å². The number of hydrogen-bond donors (Lipinski definition) is 2. The van der Waals surface area contributed by atoms with E-state index in [1.807, 2.05) is 0 Å². The van der Waals surface area contributed by atoms with Crippen molar-refractivity contribution in [2.45, 2.75) is 36.0 Å². The van der Waals surface area contributed by atoms with Crippen LogP contribution >= 0.6 is 0 Å². The molecule has 0 saturated heterocycles. The van der Waals surface area contributed by atoms with Crippen molar-refractivity contribution < 1.29 is 23.2 Å². The molecule has 0 spiro atoms. The Bertz CT molecular complexity index is 615. The first-order valence-electron chi connectivity index (χ1n) is 6.31. The van der Waals surface area contributed by atoms with Gasteiger partial charge in [0.15, 0.2) is 0 Å². The molecule has 0 radical (unpaired) electrons. The molecule has 0 aromatic heterocycles. The van der Waals surface area contributed by atoms with Gasteiger partial charge in [-0.25, -0.2) is 13.1 Å². The molecule has 1 aliphatic rings. The smallest absolute Gasteiger partial charge is 0.269 e. The fourth-order valence-corrected chi connectivity index (χ4v) is 3.65. The van der Waals surface area contributed by atoms with E-state index in [1.54, 1.807) is 0 Å². The zero-order valence-electron chi connectivity index (χ0n) is 11.3. The summed E-state index contributed by atoms with van der Waals surface area (Å²) in [5.41, 5.74) is -0.181. The van der Waals surface area contributed by atoms with Crippen LogP contribution in [-0.4, -0.2) is 43.8 Å². The molecule has 1 aromatic carbocycles. The fourth-order valence-electron chi connectivity index (χ4n) is 2.37. The quantitative estimate of drug-likeness (QED) is 0.600. The van der Waals surface area contributed by atoms with Crippen LogP contribution in [0.25, 0.3) is 0 Å². The molecule has 0 aliphatic heterocycles. The normalized spacial score (nSPS) is 25.9. The SMILES string of the molecule is CO[C@H]1C[C@H](O)C[C@@H]1NS(=O)(=O)c1ccc([N+](=O)[O-])cc1. The summed E-state index contributed by atoms with van der Waals surface area (Å²) in [6.07, 6.45) is -0.374. The number of nitrogens with zero attached hydrogens (tertiary/aromatic N) is 1. The van der Waals surface area contributed by atoms with E-state index in [1.165, 1.54) is 19.2 Å². The zero-order valence-corrected chi connectivity index (χ0v) is 12.1. The maximum atomic E-state index is 12.2. The summed E-state index contributed by atoms with van der Waals surface area (Å²) < 4.78 is 32.1. The highest BCUT2D eigenvalue weighted by Gasteiger charge is 2.36. The predicted octanol–water partition coefficient (Wildman–Crippen LogP) is 0.411. The molecule has 1 aromatic rings. The lowest BCUT2D eigenvalue weighted by molar-refractivity contribution is -0.384. The molecule has 1 saturated carbocycles. The maximum absolute atomic E-state index is 12.2. The van der Waals surface area contributed by atoms with Crippen LogP contribution in [-0.2, 0) is 14.8 Å². The molecule has 0 heterocycles. The van der Waals surface area contributed by atoms with Crippen molar-refractivity contribution in [3.63, 3.8) is 0 Å². The second-order valence-electron chi connectivity index (χ2n) is 4.88. The van der Waals surface area contributed by atoms with Crippen molar-refractivity contribution in [2.75, 3.05) is 7.11 Å². The average Bonchev–Trinajstić information content (AvgIpc) is 2.78. The van der Waals surface area contributed by atoms with Crippen molar-refractivity contribution in [1.82, 2.24) is 4.72 Å².